The Balaban J connectivity index is 1.46. The Bertz CT molecular complexity index is 1160. The van der Waals surface area contributed by atoms with E-state index in [1.165, 1.54) is 25.4 Å². The van der Waals surface area contributed by atoms with Crippen molar-refractivity contribution in [3.63, 3.8) is 0 Å². The molecule has 0 spiro atoms. The molecule has 0 aliphatic carbocycles. The lowest BCUT2D eigenvalue weighted by molar-refractivity contribution is 0.0950. The maximum Gasteiger partial charge on any atom is 0.253 e. The van der Waals surface area contributed by atoms with Crippen LogP contribution in [0.15, 0.2) is 67.0 Å². The molecule has 0 saturated carbocycles. The summed E-state index contributed by atoms with van der Waals surface area (Å²) in [6.45, 7) is 0.803. The molecule has 29 heavy (non-hydrogen) atoms. The first-order valence-electron chi connectivity index (χ1n) is 9.10. The largest absolute Gasteiger partial charge is 0.494 e. The van der Waals surface area contributed by atoms with Gasteiger partial charge in [0.25, 0.3) is 5.91 Å². The molecular formula is C22H19FN4O2. The summed E-state index contributed by atoms with van der Waals surface area (Å²) in [7, 11) is 1.41. The molecule has 7 heteroatoms. The number of pyridine rings is 1. The van der Waals surface area contributed by atoms with Gasteiger partial charge in [-0.25, -0.2) is 14.1 Å². The molecule has 0 saturated heterocycles. The molecule has 146 valence electrons. The first kappa shape index (κ1) is 18.6. The van der Waals surface area contributed by atoms with Crippen molar-refractivity contribution >= 4 is 16.9 Å². The Morgan fingerprint density at radius 1 is 1.10 bits per heavy atom. The second-order valence-electron chi connectivity index (χ2n) is 6.58. The normalized spacial score (nSPS) is 10.8. The average Bonchev–Trinajstić information content (AvgIpc) is 3.15. The molecule has 1 N–H and O–H groups in total. The van der Waals surface area contributed by atoms with E-state index in [2.05, 4.69) is 15.4 Å². The van der Waals surface area contributed by atoms with E-state index in [1.54, 1.807) is 23.0 Å². The monoisotopic (exact) mass is 390 g/mol. The van der Waals surface area contributed by atoms with Crippen molar-refractivity contribution in [1.82, 2.24) is 20.1 Å². The van der Waals surface area contributed by atoms with Gasteiger partial charge < -0.3 is 10.1 Å². The van der Waals surface area contributed by atoms with Gasteiger partial charge in [-0.15, -0.1) is 0 Å². The van der Waals surface area contributed by atoms with Gasteiger partial charge in [0.05, 0.1) is 25.4 Å². The number of carbonyl (C=O) groups excluding carboxylic acids is 1. The third-order valence-corrected chi connectivity index (χ3v) is 4.58. The zero-order chi connectivity index (χ0) is 20.2. The molecule has 6 nitrogen and oxygen atoms in total. The van der Waals surface area contributed by atoms with E-state index in [0.29, 0.717) is 23.3 Å². The Hall–Kier alpha value is -3.74. The second-order valence-corrected chi connectivity index (χ2v) is 6.58. The van der Waals surface area contributed by atoms with E-state index in [1.807, 2.05) is 30.3 Å². The van der Waals surface area contributed by atoms with Gasteiger partial charge in [0.15, 0.2) is 17.2 Å². The number of nitrogens with zero attached hydrogens (tertiary/aromatic N) is 3. The van der Waals surface area contributed by atoms with E-state index in [0.717, 1.165) is 10.9 Å². The highest BCUT2D eigenvalue weighted by molar-refractivity contribution is 5.96. The minimum atomic E-state index is -0.465. The number of amides is 1. The van der Waals surface area contributed by atoms with E-state index >= 15 is 0 Å². The topological polar surface area (TPSA) is 69.0 Å². The molecule has 4 rings (SSSR count). The maximum absolute atomic E-state index is 13.8. The van der Waals surface area contributed by atoms with Crippen molar-refractivity contribution < 1.29 is 13.9 Å². The Labute approximate surface area is 167 Å². The minimum Gasteiger partial charge on any atom is -0.494 e. The van der Waals surface area contributed by atoms with Crippen LogP contribution < -0.4 is 10.1 Å². The van der Waals surface area contributed by atoms with Crippen molar-refractivity contribution in [2.45, 2.75) is 13.1 Å². The number of rotatable bonds is 6. The first-order valence-corrected chi connectivity index (χ1v) is 9.10. The zero-order valence-electron chi connectivity index (χ0n) is 15.8. The third-order valence-electron chi connectivity index (χ3n) is 4.58. The summed E-state index contributed by atoms with van der Waals surface area (Å²) < 4.78 is 20.5. The number of methoxy groups -OCH3 is 1. The molecule has 1 amide bonds. The summed E-state index contributed by atoms with van der Waals surface area (Å²) >= 11 is 0. The quantitative estimate of drug-likeness (QED) is 0.547. The van der Waals surface area contributed by atoms with Crippen molar-refractivity contribution in [1.29, 1.82) is 0 Å². The lowest BCUT2D eigenvalue weighted by atomic mass is 10.2. The van der Waals surface area contributed by atoms with Gasteiger partial charge in [-0.3, -0.25) is 4.79 Å². The number of carbonyl (C=O) groups is 1. The second kappa shape index (κ2) is 8.10. The molecule has 0 bridgehead atoms. The third kappa shape index (κ3) is 4.08. The van der Waals surface area contributed by atoms with Crippen LogP contribution in [-0.2, 0) is 13.1 Å². The summed E-state index contributed by atoms with van der Waals surface area (Å²) in [4.78, 5) is 16.9. The number of hydrogen-bond acceptors (Lipinski definition) is 4. The summed E-state index contributed by atoms with van der Waals surface area (Å²) in [5, 5.41) is 7.94. The van der Waals surface area contributed by atoms with Crippen LogP contribution in [0.25, 0.3) is 11.0 Å². The van der Waals surface area contributed by atoms with Crippen molar-refractivity contribution in [3.8, 4) is 5.75 Å². The van der Waals surface area contributed by atoms with Gasteiger partial charge in [0, 0.05) is 18.1 Å². The Morgan fingerprint density at radius 3 is 2.69 bits per heavy atom. The molecule has 4 aromatic rings. The van der Waals surface area contributed by atoms with Gasteiger partial charge in [0.1, 0.15) is 0 Å². The lowest BCUT2D eigenvalue weighted by Gasteiger charge is -2.08. The first-order chi connectivity index (χ1) is 14.1. The molecule has 2 aromatic carbocycles. The fourth-order valence-electron chi connectivity index (χ4n) is 3.07. The lowest BCUT2D eigenvalue weighted by Crippen LogP contribution is -2.23. The van der Waals surface area contributed by atoms with Crippen LogP contribution in [0.3, 0.4) is 0 Å². The van der Waals surface area contributed by atoms with Crippen LogP contribution in [0.4, 0.5) is 4.39 Å². The zero-order valence-corrected chi connectivity index (χ0v) is 15.8. The van der Waals surface area contributed by atoms with E-state index in [9.17, 15) is 9.18 Å². The van der Waals surface area contributed by atoms with Crippen LogP contribution in [-0.4, -0.2) is 27.8 Å². The van der Waals surface area contributed by atoms with E-state index in [-0.39, 0.29) is 18.2 Å². The molecular weight excluding hydrogens is 371 g/mol. The fraction of sp³-hybridized carbons (Fsp3) is 0.136. The number of hydrogen-bond donors (Lipinski definition) is 1. The Morgan fingerprint density at radius 2 is 1.93 bits per heavy atom. The van der Waals surface area contributed by atoms with E-state index in [4.69, 9.17) is 4.74 Å². The number of aromatic nitrogens is 3. The van der Waals surface area contributed by atoms with Gasteiger partial charge in [0.2, 0.25) is 0 Å². The van der Waals surface area contributed by atoms with Crippen molar-refractivity contribution in [2.24, 2.45) is 0 Å². The number of fused-ring (bicyclic) bond motifs is 1. The van der Waals surface area contributed by atoms with Gasteiger partial charge in [-0.05, 0) is 29.3 Å². The molecule has 0 atom stereocenters. The number of nitrogens with one attached hydrogen (secondary N) is 1. The highest BCUT2D eigenvalue weighted by Gasteiger charge is 2.11. The average molecular weight is 390 g/mol. The summed E-state index contributed by atoms with van der Waals surface area (Å²) in [5.41, 5.74) is 2.89. The standard InChI is InChI=1S/C22H19FN4O2/c1-29-20-8-7-16(9-19(20)23)11-25-22(28)18-10-17-13-26-27(21(17)24-12-18)14-15-5-3-2-4-6-15/h2-10,12-13H,11,14H2,1H3,(H,25,28). The predicted molar refractivity (Wildman–Crippen MR) is 107 cm³/mol. The summed E-state index contributed by atoms with van der Waals surface area (Å²) in [6, 6.07) is 16.3. The van der Waals surface area contributed by atoms with Crippen LogP contribution in [0.5, 0.6) is 5.75 Å². The van der Waals surface area contributed by atoms with E-state index < -0.39 is 5.82 Å². The number of ether oxygens (including phenoxy) is 1. The smallest absolute Gasteiger partial charge is 0.253 e. The van der Waals surface area contributed by atoms with Crippen LogP contribution >= 0.6 is 0 Å². The van der Waals surface area contributed by atoms with Crippen molar-refractivity contribution in [2.75, 3.05) is 7.11 Å². The number of benzene rings is 2. The van der Waals surface area contributed by atoms with Crippen LogP contribution in [0.2, 0.25) is 0 Å². The molecule has 0 unspecified atom stereocenters. The van der Waals surface area contributed by atoms with Gasteiger partial charge in [-0.1, -0.05) is 36.4 Å². The SMILES string of the molecule is COc1ccc(CNC(=O)c2cnc3c(cnn3Cc3ccccc3)c2)cc1F. The predicted octanol–water partition coefficient (Wildman–Crippen LogP) is 3.56. The van der Waals surface area contributed by atoms with Gasteiger partial charge in [-0.2, -0.15) is 5.10 Å². The summed E-state index contributed by atoms with van der Waals surface area (Å²) in [5.74, 6) is -0.582. The van der Waals surface area contributed by atoms with Gasteiger partial charge >= 0.3 is 0 Å². The fourth-order valence-corrected chi connectivity index (χ4v) is 3.07. The molecule has 0 aliphatic heterocycles. The van der Waals surface area contributed by atoms with Crippen molar-refractivity contribution in [3.05, 3.63) is 89.5 Å². The number of halogens is 1. The Kier molecular flexibility index (Phi) is 5.20. The molecule has 2 aromatic heterocycles. The molecule has 0 fully saturated rings. The maximum atomic E-state index is 13.8. The molecule has 0 aliphatic rings. The van der Waals surface area contributed by atoms with Crippen LogP contribution in [0, 0.1) is 5.82 Å². The summed E-state index contributed by atoms with van der Waals surface area (Å²) in [6.07, 6.45) is 3.22. The van der Waals surface area contributed by atoms with Crippen LogP contribution in [0.1, 0.15) is 21.5 Å². The molecule has 0 radical (unpaired) electrons. The molecule has 2 heterocycles. The minimum absolute atomic E-state index is 0.169. The highest BCUT2D eigenvalue weighted by atomic mass is 19.1. The highest BCUT2D eigenvalue weighted by Crippen LogP contribution is 2.18.